The second-order valence-corrected chi connectivity index (χ2v) is 3.91. The van der Waals surface area contributed by atoms with Gasteiger partial charge < -0.3 is 20.1 Å². The van der Waals surface area contributed by atoms with E-state index in [1.54, 1.807) is 6.92 Å². The molecule has 0 aromatic heterocycles. The zero-order valence-corrected chi connectivity index (χ0v) is 8.67. The Hall–Kier alpha value is -1.91. The van der Waals surface area contributed by atoms with Gasteiger partial charge in [-0.15, -0.1) is 0 Å². The van der Waals surface area contributed by atoms with Gasteiger partial charge in [0.05, 0.1) is 5.92 Å². The maximum Gasteiger partial charge on any atom is 0.313 e. The minimum atomic E-state index is -0.607. The predicted octanol–water partition coefficient (Wildman–Crippen LogP) is 1.22. The summed E-state index contributed by atoms with van der Waals surface area (Å²) in [6.07, 6.45) is 0.254. The molecule has 0 radical (unpaired) electrons. The number of carbonyl (C=O) groups is 1. The standard InChI is InChI=1S/C11H12O5/c1-5-4-7(11(15)16-5)6-2-3-8(12)10(14)9(6)13/h2-3,5,7,12-14H,4H2,1H3. The van der Waals surface area contributed by atoms with Gasteiger partial charge in [0.2, 0.25) is 5.75 Å². The van der Waals surface area contributed by atoms with Crippen molar-refractivity contribution in [3.8, 4) is 17.2 Å². The number of esters is 1. The molecule has 1 saturated heterocycles. The summed E-state index contributed by atoms with van der Waals surface area (Å²) >= 11 is 0. The van der Waals surface area contributed by atoms with Crippen LogP contribution in [-0.2, 0) is 9.53 Å². The number of hydrogen-bond acceptors (Lipinski definition) is 5. The lowest BCUT2D eigenvalue weighted by Gasteiger charge is -2.10. The van der Waals surface area contributed by atoms with Crippen molar-refractivity contribution in [2.45, 2.75) is 25.4 Å². The van der Waals surface area contributed by atoms with Crippen LogP contribution in [0.4, 0.5) is 0 Å². The van der Waals surface area contributed by atoms with Gasteiger partial charge in [-0.3, -0.25) is 4.79 Å². The van der Waals surface area contributed by atoms with Crippen molar-refractivity contribution in [1.82, 2.24) is 0 Å². The van der Waals surface area contributed by atoms with E-state index >= 15 is 0 Å². The van der Waals surface area contributed by atoms with E-state index < -0.39 is 29.1 Å². The number of phenols is 3. The number of benzene rings is 1. The largest absolute Gasteiger partial charge is 0.504 e. The molecule has 1 aliphatic rings. The zero-order valence-electron chi connectivity index (χ0n) is 8.67. The number of carbonyl (C=O) groups excluding carboxylic acids is 1. The molecule has 86 valence electrons. The second-order valence-electron chi connectivity index (χ2n) is 3.91. The fourth-order valence-electron chi connectivity index (χ4n) is 1.88. The van der Waals surface area contributed by atoms with Crippen LogP contribution in [0.2, 0.25) is 0 Å². The highest BCUT2D eigenvalue weighted by Gasteiger charge is 2.35. The van der Waals surface area contributed by atoms with Crippen LogP contribution >= 0.6 is 0 Å². The van der Waals surface area contributed by atoms with Crippen molar-refractivity contribution in [3.63, 3.8) is 0 Å². The maximum atomic E-state index is 11.5. The molecule has 2 rings (SSSR count). The average molecular weight is 224 g/mol. The molecule has 0 bridgehead atoms. The first kappa shape index (κ1) is 10.6. The van der Waals surface area contributed by atoms with Crippen LogP contribution in [0.25, 0.3) is 0 Å². The summed E-state index contributed by atoms with van der Waals surface area (Å²) < 4.78 is 4.96. The molecule has 1 aromatic rings. The molecule has 3 N–H and O–H groups in total. The highest BCUT2D eigenvalue weighted by atomic mass is 16.5. The number of cyclic esters (lactones) is 1. The van der Waals surface area contributed by atoms with E-state index in [-0.39, 0.29) is 11.7 Å². The molecular formula is C11H12O5. The molecule has 0 amide bonds. The van der Waals surface area contributed by atoms with Crippen molar-refractivity contribution in [2.24, 2.45) is 0 Å². The van der Waals surface area contributed by atoms with E-state index in [9.17, 15) is 15.0 Å². The lowest BCUT2D eigenvalue weighted by atomic mass is 9.94. The minimum Gasteiger partial charge on any atom is -0.504 e. The Morgan fingerprint density at radius 1 is 1.25 bits per heavy atom. The molecule has 1 heterocycles. The Morgan fingerprint density at radius 2 is 1.94 bits per heavy atom. The summed E-state index contributed by atoms with van der Waals surface area (Å²) in [5.41, 5.74) is 0.282. The first-order chi connectivity index (χ1) is 7.50. The maximum absolute atomic E-state index is 11.5. The third-order valence-electron chi connectivity index (χ3n) is 2.71. The SMILES string of the molecule is CC1CC(c2ccc(O)c(O)c2O)C(=O)O1. The fraction of sp³-hybridized carbons (Fsp3) is 0.364. The smallest absolute Gasteiger partial charge is 0.313 e. The van der Waals surface area contributed by atoms with Crippen LogP contribution in [-0.4, -0.2) is 27.4 Å². The monoisotopic (exact) mass is 224 g/mol. The lowest BCUT2D eigenvalue weighted by molar-refractivity contribution is -0.141. The molecule has 16 heavy (non-hydrogen) atoms. The predicted molar refractivity (Wildman–Crippen MR) is 54.3 cm³/mol. The van der Waals surface area contributed by atoms with Gasteiger partial charge in [-0.1, -0.05) is 6.07 Å². The number of phenolic OH excluding ortho intramolecular Hbond substituents is 3. The zero-order chi connectivity index (χ0) is 11.9. The summed E-state index contributed by atoms with van der Waals surface area (Å²) in [4.78, 5) is 11.5. The average Bonchev–Trinajstić information content (AvgIpc) is 2.55. The van der Waals surface area contributed by atoms with E-state index in [1.165, 1.54) is 12.1 Å². The van der Waals surface area contributed by atoms with Crippen molar-refractivity contribution >= 4 is 5.97 Å². The summed E-state index contributed by atoms with van der Waals surface area (Å²) in [5, 5.41) is 28.1. The molecule has 1 aliphatic heterocycles. The molecular weight excluding hydrogens is 212 g/mol. The summed E-state index contributed by atoms with van der Waals surface area (Å²) in [7, 11) is 0. The van der Waals surface area contributed by atoms with Gasteiger partial charge in [0.1, 0.15) is 6.10 Å². The lowest BCUT2D eigenvalue weighted by Crippen LogP contribution is -2.05. The number of aromatic hydroxyl groups is 3. The number of hydrogen-bond donors (Lipinski definition) is 3. The third kappa shape index (κ3) is 1.54. The van der Waals surface area contributed by atoms with E-state index in [4.69, 9.17) is 9.84 Å². The highest BCUT2D eigenvalue weighted by Crippen LogP contribution is 2.43. The Labute approximate surface area is 91.9 Å². The Morgan fingerprint density at radius 3 is 2.50 bits per heavy atom. The Kier molecular flexibility index (Phi) is 2.38. The summed E-state index contributed by atoms with van der Waals surface area (Å²) in [6, 6.07) is 2.65. The van der Waals surface area contributed by atoms with Gasteiger partial charge in [-0.25, -0.2) is 0 Å². The molecule has 0 aliphatic carbocycles. The van der Waals surface area contributed by atoms with Gasteiger partial charge in [0, 0.05) is 12.0 Å². The van der Waals surface area contributed by atoms with Crippen molar-refractivity contribution in [3.05, 3.63) is 17.7 Å². The van der Waals surface area contributed by atoms with Crippen molar-refractivity contribution < 1.29 is 24.9 Å². The first-order valence-electron chi connectivity index (χ1n) is 4.95. The summed E-state index contributed by atoms with van der Waals surface area (Å²) in [5.74, 6) is -2.49. The van der Waals surface area contributed by atoms with Gasteiger partial charge in [0.15, 0.2) is 11.5 Å². The molecule has 1 aromatic carbocycles. The van der Waals surface area contributed by atoms with Crippen LogP contribution in [0.15, 0.2) is 12.1 Å². The van der Waals surface area contributed by atoms with Crippen LogP contribution in [0.5, 0.6) is 17.2 Å². The number of rotatable bonds is 1. The van der Waals surface area contributed by atoms with Crippen molar-refractivity contribution in [2.75, 3.05) is 0 Å². The van der Waals surface area contributed by atoms with E-state index in [0.717, 1.165) is 0 Å². The molecule has 1 fully saturated rings. The summed E-state index contributed by atoms with van der Waals surface area (Å²) in [6.45, 7) is 1.76. The van der Waals surface area contributed by atoms with Crippen LogP contribution in [0.1, 0.15) is 24.8 Å². The van der Waals surface area contributed by atoms with Crippen molar-refractivity contribution in [1.29, 1.82) is 0 Å². The van der Waals surface area contributed by atoms with E-state index in [1.807, 2.05) is 0 Å². The van der Waals surface area contributed by atoms with Gasteiger partial charge in [-0.2, -0.15) is 0 Å². The third-order valence-corrected chi connectivity index (χ3v) is 2.71. The molecule has 2 unspecified atom stereocenters. The topological polar surface area (TPSA) is 87.0 Å². The van der Waals surface area contributed by atoms with Crippen LogP contribution in [0, 0.1) is 0 Å². The van der Waals surface area contributed by atoms with E-state index in [2.05, 4.69) is 0 Å². The van der Waals surface area contributed by atoms with Gasteiger partial charge in [-0.05, 0) is 13.0 Å². The Bertz CT molecular complexity index is 440. The molecule has 2 atom stereocenters. The molecule has 5 heteroatoms. The van der Waals surface area contributed by atoms with Gasteiger partial charge >= 0.3 is 5.97 Å². The minimum absolute atomic E-state index is 0.201. The highest BCUT2D eigenvalue weighted by molar-refractivity contribution is 5.82. The normalized spacial score (nSPS) is 24.4. The van der Waals surface area contributed by atoms with E-state index in [0.29, 0.717) is 6.42 Å². The van der Waals surface area contributed by atoms with Crippen LogP contribution in [0.3, 0.4) is 0 Å². The molecule has 0 spiro atoms. The molecule has 0 saturated carbocycles. The first-order valence-corrected chi connectivity index (χ1v) is 4.95. The second kappa shape index (κ2) is 3.59. The number of ether oxygens (including phenoxy) is 1. The molecule has 5 nitrogen and oxygen atoms in total. The Balaban J connectivity index is 2.42. The fourth-order valence-corrected chi connectivity index (χ4v) is 1.88. The van der Waals surface area contributed by atoms with Crippen LogP contribution < -0.4 is 0 Å². The van der Waals surface area contributed by atoms with Gasteiger partial charge in [0.25, 0.3) is 0 Å². The quantitative estimate of drug-likeness (QED) is 0.493.